The van der Waals surface area contributed by atoms with Gasteiger partial charge in [-0.25, -0.2) is 0 Å². The van der Waals surface area contributed by atoms with Crippen molar-refractivity contribution >= 4 is 11.6 Å². The van der Waals surface area contributed by atoms with E-state index in [2.05, 4.69) is 17.2 Å². The topological polar surface area (TPSA) is 58.6 Å². The van der Waals surface area contributed by atoms with E-state index in [-0.39, 0.29) is 18.4 Å². The molecule has 1 aromatic rings. The Morgan fingerprint density at radius 2 is 2.20 bits per heavy atom. The largest absolute Gasteiger partial charge is 0.395 e. The second kappa shape index (κ2) is 9.13. The van der Waals surface area contributed by atoms with Crippen molar-refractivity contribution in [2.45, 2.75) is 19.8 Å². The van der Waals surface area contributed by atoms with Gasteiger partial charge in [0.25, 0.3) is 0 Å². The van der Waals surface area contributed by atoms with E-state index in [0.717, 1.165) is 5.56 Å². The summed E-state index contributed by atoms with van der Waals surface area (Å²) in [5, 5.41) is 11.6. The average Bonchev–Trinajstić information content (AvgIpc) is 2.41. The summed E-state index contributed by atoms with van der Waals surface area (Å²) >= 11 is 0. The van der Waals surface area contributed by atoms with Crippen LogP contribution in [0.4, 0.5) is 5.69 Å². The first kappa shape index (κ1) is 16.2. The summed E-state index contributed by atoms with van der Waals surface area (Å²) in [7, 11) is 1.63. The molecular weight excluding hydrogens is 254 g/mol. The highest BCUT2D eigenvalue weighted by Crippen LogP contribution is 2.15. The van der Waals surface area contributed by atoms with Gasteiger partial charge in [0.05, 0.1) is 12.3 Å². The zero-order valence-electron chi connectivity index (χ0n) is 12.0. The number of rotatable bonds is 6. The molecule has 0 spiro atoms. The Morgan fingerprint density at radius 3 is 2.90 bits per heavy atom. The highest BCUT2D eigenvalue weighted by atomic mass is 16.5. The molecule has 0 bridgehead atoms. The van der Waals surface area contributed by atoms with E-state index < -0.39 is 0 Å². The van der Waals surface area contributed by atoms with Gasteiger partial charge >= 0.3 is 0 Å². The highest BCUT2D eigenvalue weighted by molar-refractivity contribution is 5.92. The maximum Gasteiger partial charge on any atom is 0.224 e. The summed E-state index contributed by atoms with van der Waals surface area (Å²) in [4.78, 5) is 11.9. The number of anilines is 1. The van der Waals surface area contributed by atoms with E-state index in [4.69, 9.17) is 9.84 Å². The number of benzene rings is 1. The van der Waals surface area contributed by atoms with Crippen molar-refractivity contribution in [1.82, 2.24) is 0 Å². The molecule has 0 aliphatic rings. The fraction of sp³-hybridized carbons (Fsp3) is 0.438. The van der Waals surface area contributed by atoms with Crippen molar-refractivity contribution in [1.29, 1.82) is 0 Å². The van der Waals surface area contributed by atoms with Crippen molar-refractivity contribution in [2.24, 2.45) is 5.92 Å². The quantitative estimate of drug-likeness (QED) is 0.781. The molecule has 2 N–H and O–H groups in total. The third kappa shape index (κ3) is 5.87. The fourth-order valence-electron chi connectivity index (χ4n) is 1.78. The minimum Gasteiger partial charge on any atom is -0.395 e. The van der Waals surface area contributed by atoms with Crippen LogP contribution in [0.5, 0.6) is 0 Å². The molecule has 0 heterocycles. The zero-order valence-corrected chi connectivity index (χ0v) is 12.0. The first-order chi connectivity index (χ1) is 9.67. The van der Waals surface area contributed by atoms with Crippen molar-refractivity contribution in [3.63, 3.8) is 0 Å². The van der Waals surface area contributed by atoms with Crippen LogP contribution in [-0.4, -0.2) is 31.3 Å². The monoisotopic (exact) mass is 275 g/mol. The molecule has 0 radical (unpaired) electrons. The average molecular weight is 275 g/mol. The number of carbonyl (C=O) groups excluding carboxylic acids is 1. The summed E-state index contributed by atoms with van der Waals surface area (Å²) in [5.41, 5.74) is 1.46. The molecule has 1 unspecified atom stereocenters. The lowest BCUT2D eigenvalue weighted by Gasteiger charge is -2.11. The molecule has 1 atom stereocenters. The van der Waals surface area contributed by atoms with Crippen LogP contribution in [-0.2, 0) is 9.53 Å². The molecule has 0 aliphatic heterocycles. The number of aliphatic hydroxyl groups is 1. The van der Waals surface area contributed by atoms with Crippen molar-refractivity contribution in [3.8, 4) is 11.8 Å². The zero-order chi connectivity index (χ0) is 14.8. The molecule has 20 heavy (non-hydrogen) atoms. The van der Waals surface area contributed by atoms with Gasteiger partial charge in [0.2, 0.25) is 5.91 Å². The first-order valence-electron chi connectivity index (χ1n) is 6.65. The lowest BCUT2D eigenvalue weighted by Crippen LogP contribution is -2.18. The summed E-state index contributed by atoms with van der Waals surface area (Å²) in [6, 6.07) is 7.39. The van der Waals surface area contributed by atoms with Crippen LogP contribution >= 0.6 is 0 Å². The Bertz CT molecular complexity index is 488. The fourth-order valence-corrected chi connectivity index (χ4v) is 1.78. The van der Waals surface area contributed by atoms with E-state index in [1.807, 2.05) is 31.2 Å². The molecule has 0 aromatic heterocycles. The third-order valence-electron chi connectivity index (χ3n) is 2.65. The Morgan fingerprint density at radius 1 is 1.45 bits per heavy atom. The summed E-state index contributed by atoms with van der Waals surface area (Å²) < 4.78 is 5.02. The van der Waals surface area contributed by atoms with Gasteiger partial charge < -0.3 is 15.2 Å². The molecule has 0 aliphatic carbocycles. The summed E-state index contributed by atoms with van der Waals surface area (Å²) in [5.74, 6) is 5.93. The standard InChI is InChI=1S/C16H21NO3/c1-13(12-20-2)11-16(19)17-15-9-4-3-7-14(15)8-5-6-10-18/h3-4,7,9,13,18H,6,10-12H2,1-2H3,(H,17,19). The van der Waals surface area contributed by atoms with E-state index in [9.17, 15) is 4.79 Å². The van der Waals surface area contributed by atoms with E-state index in [0.29, 0.717) is 25.1 Å². The van der Waals surface area contributed by atoms with Crippen LogP contribution in [0.25, 0.3) is 0 Å². The molecule has 1 aromatic carbocycles. The van der Waals surface area contributed by atoms with Gasteiger partial charge in [-0.3, -0.25) is 4.79 Å². The number of methoxy groups -OCH3 is 1. The van der Waals surface area contributed by atoms with E-state index in [1.165, 1.54) is 0 Å². The van der Waals surface area contributed by atoms with Gasteiger partial charge in [-0.1, -0.05) is 30.9 Å². The number of ether oxygens (including phenoxy) is 1. The lowest BCUT2D eigenvalue weighted by molar-refractivity contribution is -0.117. The second-order valence-electron chi connectivity index (χ2n) is 4.63. The Balaban J connectivity index is 2.68. The van der Waals surface area contributed by atoms with Crippen LogP contribution in [0.1, 0.15) is 25.3 Å². The molecule has 4 heteroatoms. The lowest BCUT2D eigenvalue weighted by atomic mass is 10.1. The maximum absolute atomic E-state index is 11.9. The molecule has 0 saturated heterocycles. The van der Waals surface area contributed by atoms with Gasteiger partial charge in [-0.2, -0.15) is 0 Å². The Labute approximate surface area is 120 Å². The maximum atomic E-state index is 11.9. The van der Waals surface area contributed by atoms with Gasteiger partial charge in [0, 0.05) is 32.1 Å². The van der Waals surface area contributed by atoms with Crippen LogP contribution in [0.2, 0.25) is 0 Å². The van der Waals surface area contributed by atoms with Gasteiger partial charge in [0.15, 0.2) is 0 Å². The highest BCUT2D eigenvalue weighted by Gasteiger charge is 2.10. The predicted molar refractivity (Wildman–Crippen MR) is 79.3 cm³/mol. The molecule has 1 amide bonds. The predicted octanol–water partition coefficient (Wildman–Crippen LogP) is 2.03. The second-order valence-corrected chi connectivity index (χ2v) is 4.63. The third-order valence-corrected chi connectivity index (χ3v) is 2.65. The Hall–Kier alpha value is -1.83. The molecule has 108 valence electrons. The molecule has 4 nitrogen and oxygen atoms in total. The molecular formula is C16H21NO3. The van der Waals surface area contributed by atoms with E-state index in [1.54, 1.807) is 7.11 Å². The summed E-state index contributed by atoms with van der Waals surface area (Å²) in [6.45, 7) is 2.57. The Kier molecular flexibility index (Phi) is 7.41. The van der Waals surface area contributed by atoms with Gasteiger partial charge in [0.1, 0.15) is 0 Å². The minimum absolute atomic E-state index is 0.0378. The number of carbonyl (C=O) groups is 1. The molecule has 0 fully saturated rings. The molecule has 0 saturated carbocycles. The van der Waals surface area contributed by atoms with Crippen molar-refractivity contribution in [3.05, 3.63) is 29.8 Å². The van der Waals surface area contributed by atoms with Crippen LogP contribution < -0.4 is 5.32 Å². The van der Waals surface area contributed by atoms with Gasteiger partial charge in [-0.15, -0.1) is 0 Å². The number of amides is 1. The van der Waals surface area contributed by atoms with Crippen LogP contribution in [0.3, 0.4) is 0 Å². The van der Waals surface area contributed by atoms with Crippen LogP contribution in [0.15, 0.2) is 24.3 Å². The smallest absolute Gasteiger partial charge is 0.224 e. The minimum atomic E-state index is -0.0500. The number of nitrogens with one attached hydrogen (secondary N) is 1. The van der Waals surface area contributed by atoms with Gasteiger partial charge in [-0.05, 0) is 18.1 Å². The van der Waals surface area contributed by atoms with Crippen molar-refractivity contribution < 1.29 is 14.6 Å². The van der Waals surface area contributed by atoms with E-state index >= 15 is 0 Å². The normalized spacial score (nSPS) is 11.3. The summed E-state index contributed by atoms with van der Waals surface area (Å²) in [6.07, 6.45) is 0.833. The van der Waals surface area contributed by atoms with Crippen LogP contribution in [0, 0.1) is 17.8 Å². The number of para-hydroxylation sites is 1. The molecule has 1 rings (SSSR count). The SMILES string of the molecule is COCC(C)CC(=O)Nc1ccccc1C#CCCO. The number of aliphatic hydroxyl groups excluding tert-OH is 1. The number of hydrogen-bond acceptors (Lipinski definition) is 3. The number of hydrogen-bond donors (Lipinski definition) is 2. The first-order valence-corrected chi connectivity index (χ1v) is 6.65. The van der Waals surface area contributed by atoms with Crippen molar-refractivity contribution in [2.75, 3.05) is 25.6 Å².